The van der Waals surface area contributed by atoms with Crippen LogP contribution in [0.4, 0.5) is 0 Å². The summed E-state index contributed by atoms with van der Waals surface area (Å²) in [6.45, 7) is 3.96. The zero-order valence-corrected chi connectivity index (χ0v) is 8.13. The molecule has 0 aliphatic carbocycles. The molecule has 0 aromatic carbocycles. The molecular formula is C9H18O3. The molecule has 0 saturated carbocycles. The van der Waals surface area contributed by atoms with E-state index >= 15 is 0 Å². The summed E-state index contributed by atoms with van der Waals surface area (Å²) in [5, 5.41) is 0. The van der Waals surface area contributed by atoms with Crippen LogP contribution in [0.3, 0.4) is 0 Å². The van der Waals surface area contributed by atoms with Crippen molar-refractivity contribution in [2.75, 3.05) is 7.11 Å². The molecule has 12 heavy (non-hydrogen) atoms. The molecule has 1 atom stereocenters. The van der Waals surface area contributed by atoms with Gasteiger partial charge >= 0.3 is 5.97 Å². The first-order valence-electron chi connectivity index (χ1n) is 4.46. The van der Waals surface area contributed by atoms with E-state index in [4.69, 9.17) is 9.47 Å². The first-order valence-corrected chi connectivity index (χ1v) is 4.46. The van der Waals surface area contributed by atoms with Crippen LogP contribution in [0.5, 0.6) is 0 Å². The maximum atomic E-state index is 11.0. The third kappa shape index (κ3) is 5.13. The van der Waals surface area contributed by atoms with Gasteiger partial charge < -0.3 is 9.47 Å². The molecule has 1 unspecified atom stereocenters. The predicted octanol–water partition coefficient (Wildman–Crippen LogP) is 2.10. The van der Waals surface area contributed by atoms with Gasteiger partial charge in [0.15, 0.2) is 0 Å². The number of carbonyl (C=O) groups is 1. The van der Waals surface area contributed by atoms with E-state index in [1.54, 1.807) is 7.11 Å². The van der Waals surface area contributed by atoms with Crippen molar-refractivity contribution in [3.8, 4) is 0 Å². The predicted molar refractivity (Wildman–Crippen MR) is 46.7 cm³/mol. The fourth-order valence-corrected chi connectivity index (χ4v) is 0.825. The second-order valence-electron chi connectivity index (χ2n) is 2.67. The minimum absolute atomic E-state index is 0.162. The third-order valence-electron chi connectivity index (χ3n) is 1.59. The van der Waals surface area contributed by atoms with Gasteiger partial charge in [0, 0.05) is 20.0 Å². The molecule has 0 amide bonds. The van der Waals surface area contributed by atoms with E-state index in [-0.39, 0.29) is 12.3 Å². The van der Waals surface area contributed by atoms with Crippen LogP contribution in [-0.4, -0.2) is 19.4 Å². The highest BCUT2D eigenvalue weighted by molar-refractivity contribution is 5.69. The monoisotopic (exact) mass is 174 g/mol. The Morgan fingerprint density at radius 3 is 2.50 bits per heavy atom. The minimum atomic E-state index is -0.366. The Labute approximate surface area is 74.0 Å². The van der Waals surface area contributed by atoms with Gasteiger partial charge in [-0.2, -0.15) is 0 Å². The third-order valence-corrected chi connectivity index (χ3v) is 1.59. The van der Waals surface area contributed by atoms with Crippen LogP contribution in [-0.2, 0) is 14.3 Å². The maximum Gasteiger partial charge on any atom is 0.308 e. The lowest BCUT2D eigenvalue weighted by atomic mass is 10.2. The van der Waals surface area contributed by atoms with Gasteiger partial charge in [0.2, 0.25) is 6.29 Å². The van der Waals surface area contributed by atoms with Crippen LogP contribution in [0.1, 0.15) is 39.5 Å². The molecule has 0 rings (SSSR count). The lowest BCUT2D eigenvalue weighted by Gasteiger charge is -2.13. The Morgan fingerprint density at radius 1 is 1.42 bits per heavy atom. The summed E-state index contributed by atoms with van der Waals surface area (Å²) in [6.07, 6.45) is 2.73. The molecule has 0 aromatic heterocycles. The first kappa shape index (κ1) is 11.4. The van der Waals surface area contributed by atoms with Gasteiger partial charge in [-0.3, -0.25) is 4.79 Å². The van der Waals surface area contributed by atoms with Crippen LogP contribution in [0.15, 0.2) is 0 Å². The topological polar surface area (TPSA) is 35.5 Å². The largest absolute Gasteiger partial charge is 0.436 e. The van der Waals surface area contributed by atoms with Crippen molar-refractivity contribution in [3.05, 3.63) is 0 Å². The fourth-order valence-electron chi connectivity index (χ4n) is 0.825. The fraction of sp³-hybridized carbons (Fsp3) is 0.889. The molecule has 3 nitrogen and oxygen atoms in total. The highest BCUT2D eigenvalue weighted by Gasteiger charge is 2.09. The Kier molecular flexibility index (Phi) is 6.76. The normalized spacial score (nSPS) is 12.6. The number of hydrogen-bond donors (Lipinski definition) is 0. The average molecular weight is 174 g/mol. The van der Waals surface area contributed by atoms with E-state index in [1.807, 2.05) is 13.8 Å². The number of rotatable bonds is 6. The van der Waals surface area contributed by atoms with Gasteiger partial charge in [-0.1, -0.05) is 20.3 Å². The summed E-state index contributed by atoms with van der Waals surface area (Å²) in [7, 11) is 1.54. The van der Waals surface area contributed by atoms with E-state index in [1.165, 1.54) is 0 Å². The molecular weight excluding hydrogens is 156 g/mol. The van der Waals surface area contributed by atoms with Gasteiger partial charge in [-0.25, -0.2) is 0 Å². The quantitative estimate of drug-likeness (QED) is 0.457. The lowest BCUT2D eigenvalue weighted by molar-refractivity contribution is -0.173. The Bertz CT molecular complexity index is 119. The highest BCUT2D eigenvalue weighted by Crippen LogP contribution is 2.03. The number of carbonyl (C=O) groups excluding carboxylic acids is 1. The van der Waals surface area contributed by atoms with E-state index in [0.29, 0.717) is 12.8 Å². The van der Waals surface area contributed by atoms with Crippen LogP contribution in [0.2, 0.25) is 0 Å². The van der Waals surface area contributed by atoms with Crippen LogP contribution in [0.25, 0.3) is 0 Å². The molecule has 0 spiro atoms. The van der Waals surface area contributed by atoms with Crippen LogP contribution < -0.4 is 0 Å². The molecule has 0 N–H and O–H groups in total. The van der Waals surface area contributed by atoms with Crippen molar-refractivity contribution in [1.82, 2.24) is 0 Å². The van der Waals surface area contributed by atoms with E-state index in [0.717, 1.165) is 12.8 Å². The second kappa shape index (κ2) is 7.10. The summed E-state index contributed by atoms with van der Waals surface area (Å²) in [5.74, 6) is -0.162. The number of ether oxygens (including phenoxy) is 2. The molecule has 0 saturated heterocycles. The SMILES string of the molecule is CCCCC(=O)OC(CC)OC. The van der Waals surface area contributed by atoms with Crippen molar-refractivity contribution in [2.24, 2.45) is 0 Å². The van der Waals surface area contributed by atoms with Crippen molar-refractivity contribution < 1.29 is 14.3 Å². The zero-order chi connectivity index (χ0) is 9.40. The Hall–Kier alpha value is -0.570. The van der Waals surface area contributed by atoms with Crippen molar-refractivity contribution in [1.29, 1.82) is 0 Å². The Morgan fingerprint density at radius 2 is 2.08 bits per heavy atom. The number of methoxy groups -OCH3 is 1. The van der Waals surface area contributed by atoms with Crippen molar-refractivity contribution in [3.63, 3.8) is 0 Å². The molecule has 0 bridgehead atoms. The average Bonchev–Trinajstić information content (AvgIpc) is 2.10. The van der Waals surface area contributed by atoms with E-state index in [9.17, 15) is 4.79 Å². The molecule has 0 aliphatic heterocycles. The molecule has 0 heterocycles. The smallest absolute Gasteiger partial charge is 0.308 e. The standard InChI is InChI=1S/C9H18O3/c1-4-6-7-8(10)12-9(5-2)11-3/h9H,4-7H2,1-3H3. The summed E-state index contributed by atoms with van der Waals surface area (Å²) >= 11 is 0. The molecule has 0 radical (unpaired) electrons. The number of esters is 1. The van der Waals surface area contributed by atoms with Gasteiger partial charge in [0.25, 0.3) is 0 Å². The molecule has 0 fully saturated rings. The summed E-state index contributed by atoms with van der Waals surface area (Å²) in [4.78, 5) is 11.0. The Balaban J connectivity index is 3.52. The van der Waals surface area contributed by atoms with Crippen molar-refractivity contribution >= 4 is 5.97 Å². The molecule has 0 aliphatic rings. The van der Waals surface area contributed by atoms with Crippen LogP contribution >= 0.6 is 0 Å². The summed E-state index contributed by atoms with van der Waals surface area (Å²) in [6, 6.07) is 0. The van der Waals surface area contributed by atoms with Gasteiger partial charge in [0.1, 0.15) is 0 Å². The van der Waals surface area contributed by atoms with Gasteiger partial charge in [-0.05, 0) is 6.42 Å². The highest BCUT2D eigenvalue weighted by atomic mass is 16.7. The summed E-state index contributed by atoms with van der Waals surface area (Å²) in [5.41, 5.74) is 0. The second-order valence-corrected chi connectivity index (χ2v) is 2.67. The maximum absolute atomic E-state index is 11.0. The summed E-state index contributed by atoms with van der Waals surface area (Å²) < 4.78 is 9.90. The first-order chi connectivity index (χ1) is 5.74. The van der Waals surface area contributed by atoms with Gasteiger partial charge in [-0.15, -0.1) is 0 Å². The zero-order valence-electron chi connectivity index (χ0n) is 8.13. The van der Waals surface area contributed by atoms with E-state index < -0.39 is 0 Å². The van der Waals surface area contributed by atoms with Gasteiger partial charge in [0.05, 0.1) is 0 Å². The molecule has 3 heteroatoms. The lowest BCUT2D eigenvalue weighted by Crippen LogP contribution is -2.18. The number of hydrogen-bond acceptors (Lipinski definition) is 3. The van der Waals surface area contributed by atoms with Crippen LogP contribution in [0, 0.1) is 0 Å². The number of unbranched alkanes of at least 4 members (excludes halogenated alkanes) is 1. The minimum Gasteiger partial charge on any atom is -0.436 e. The molecule has 72 valence electrons. The van der Waals surface area contributed by atoms with E-state index in [2.05, 4.69) is 0 Å². The molecule has 0 aromatic rings. The van der Waals surface area contributed by atoms with Crippen molar-refractivity contribution in [2.45, 2.75) is 45.8 Å².